The highest BCUT2D eigenvalue weighted by Gasteiger charge is 2.09. The molecule has 0 spiro atoms. The van der Waals surface area contributed by atoms with E-state index >= 15 is 0 Å². The van der Waals surface area contributed by atoms with Crippen molar-refractivity contribution in [3.63, 3.8) is 0 Å². The van der Waals surface area contributed by atoms with E-state index in [1.807, 2.05) is 18.2 Å². The van der Waals surface area contributed by atoms with E-state index in [1.165, 1.54) is 25.7 Å². The first-order valence-electron chi connectivity index (χ1n) is 7.66. The summed E-state index contributed by atoms with van der Waals surface area (Å²) in [6.07, 6.45) is 6.41. The number of methoxy groups -OCH3 is 1. The van der Waals surface area contributed by atoms with E-state index in [0.717, 1.165) is 23.3 Å². The normalized spacial score (nSPS) is 12.1. The SMILES string of the molecule is CCCCCCC(C)OCc1cc(C(N)=S)ccc1OC. The van der Waals surface area contributed by atoms with Crippen LogP contribution in [0.1, 0.15) is 57.1 Å². The van der Waals surface area contributed by atoms with Gasteiger partial charge in [-0.05, 0) is 31.5 Å². The number of unbranched alkanes of at least 4 members (excludes halogenated alkanes) is 3. The first-order valence-corrected chi connectivity index (χ1v) is 8.07. The van der Waals surface area contributed by atoms with E-state index in [0.29, 0.717) is 11.6 Å². The molecule has 0 bridgehead atoms. The fourth-order valence-electron chi connectivity index (χ4n) is 2.22. The van der Waals surface area contributed by atoms with Crippen molar-refractivity contribution in [1.29, 1.82) is 0 Å². The van der Waals surface area contributed by atoms with Gasteiger partial charge in [-0.1, -0.05) is 44.8 Å². The molecule has 2 N–H and O–H groups in total. The molecule has 4 heteroatoms. The van der Waals surface area contributed by atoms with Crippen molar-refractivity contribution in [2.75, 3.05) is 7.11 Å². The van der Waals surface area contributed by atoms with Crippen LogP contribution in [0.2, 0.25) is 0 Å². The van der Waals surface area contributed by atoms with Crippen LogP contribution < -0.4 is 10.5 Å². The average molecular weight is 309 g/mol. The largest absolute Gasteiger partial charge is 0.496 e. The van der Waals surface area contributed by atoms with Crippen LogP contribution in [0.3, 0.4) is 0 Å². The van der Waals surface area contributed by atoms with E-state index in [4.69, 9.17) is 27.4 Å². The number of benzene rings is 1. The van der Waals surface area contributed by atoms with Gasteiger partial charge in [0.25, 0.3) is 0 Å². The van der Waals surface area contributed by atoms with Crippen LogP contribution in [-0.2, 0) is 11.3 Å². The highest BCUT2D eigenvalue weighted by molar-refractivity contribution is 7.80. The number of hydrogen-bond donors (Lipinski definition) is 1. The van der Waals surface area contributed by atoms with Gasteiger partial charge in [-0.15, -0.1) is 0 Å². The summed E-state index contributed by atoms with van der Waals surface area (Å²) in [6.45, 7) is 4.87. The second kappa shape index (κ2) is 9.74. The zero-order valence-electron chi connectivity index (χ0n) is 13.4. The fourth-order valence-corrected chi connectivity index (χ4v) is 2.35. The molecule has 1 rings (SSSR count). The van der Waals surface area contributed by atoms with Crippen LogP contribution in [0, 0.1) is 0 Å². The number of thiocarbonyl (C=S) groups is 1. The van der Waals surface area contributed by atoms with Gasteiger partial charge in [-0.25, -0.2) is 0 Å². The Labute approximate surface area is 133 Å². The lowest BCUT2D eigenvalue weighted by atomic mass is 10.1. The fraction of sp³-hybridized carbons (Fsp3) is 0.588. The zero-order valence-corrected chi connectivity index (χ0v) is 14.2. The highest BCUT2D eigenvalue weighted by Crippen LogP contribution is 2.22. The lowest BCUT2D eigenvalue weighted by Crippen LogP contribution is -2.12. The number of nitrogens with two attached hydrogens (primary N) is 1. The molecule has 0 aromatic heterocycles. The summed E-state index contributed by atoms with van der Waals surface area (Å²) in [4.78, 5) is 0.395. The molecule has 0 aliphatic rings. The van der Waals surface area contributed by atoms with E-state index in [1.54, 1.807) is 7.11 Å². The molecule has 0 aliphatic heterocycles. The highest BCUT2D eigenvalue weighted by atomic mass is 32.1. The first kappa shape index (κ1) is 17.9. The van der Waals surface area contributed by atoms with Crippen LogP contribution in [0.5, 0.6) is 5.75 Å². The van der Waals surface area contributed by atoms with Crippen molar-refractivity contribution in [2.45, 2.75) is 58.7 Å². The molecule has 1 atom stereocenters. The lowest BCUT2D eigenvalue weighted by molar-refractivity contribution is 0.0448. The Morgan fingerprint density at radius 3 is 2.67 bits per heavy atom. The molecule has 3 nitrogen and oxygen atoms in total. The minimum absolute atomic E-state index is 0.250. The molecule has 1 aromatic rings. The third-order valence-corrected chi connectivity index (χ3v) is 3.79. The third kappa shape index (κ3) is 6.44. The monoisotopic (exact) mass is 309 g/mol. The predicted octanol–water partition coefficient (Wildman–Crippen LogP) is 4.20. The maximum Gasteiger partial charge on any atom is 0.124 e. The molecule has 0 fully saturated rings. The van der Waals surface area contributed by atoms with Crippen LogP contribution in [0.4, 0.5) is 0 Å². The molecule has 0 amide bonds. The van der Waals surface area contributed by atoms with Crippen molar-refractivity contribution < 1.29 is 9.47 Å². The number of ether oxygens (including phenoxy) is 2. The van der Waals surface area contributed by atoms with Crippen LogP contribution >= 0.6 is 12.2 Å². The van der Waals surface area contributed by atoms with Crippen molar-refractivity contribution in [2.24, 2.45) is 5.73 Å². The predicted molar refractivity (Wildman–Crippen MR) is 91.9 cm³/mol. The number of hydrogen-bond acceptors (Lipinski definition) is 3. The summed E-state index contributed by atoms with van der Waals surface area (Å²) in [7, 11) is 1.66. The van der Waals surface area contributed by atoms with Crippen LogP contribution in [-0.4, -0.2) is 18.2 Å². The smallest absolute Gasteiger partial charge is 0.124 e. The van der Waals surface area contributed by atoms with Gasteiger partial charge >= 0.3 is 0 Å². The minimum Gasteiger partial charge on any atom is -0.496 e. The Morgan fingerprint density at radius 1 is 1.29 bits per heavy atom. The Balaban J connectivity index is 2.53. The standard InChI is InChI=1S/C17H27NO2S/c1-4-5-6-7-8-13(2)20-12-15-11-14(17(18)21)9-10-16(15)19-3/h9-11,13H,4-8,12H2,1-3H3,(H2,18,21). The summed E-state index contributed by atoms with van der Waals surface area (Å²) in [5.74, 6) is 0.813. The van der Waals surface area contributed by atoms with Gasteiger partial charge in [-0.3, -0.25) is 0 Å². The van der Waals surface area contributed by atoms with Crippen molar-refractivity contribution in [3.05, 3.63) is 29.3 Å². The van der Waals surface area contributed by atoms with Crippen molar-refractivity contribution in [1.82, 2.24) is 0 Å². The summed E-state index contributed by atoms with van der Waals surface area (Å²) in [5, 5.41) is 0. The van der Waals surface area contributed by atoms with E-state index in [-0.39, 0.29) is 6.10 Å². The molecule has 0 heterocycles. The molecular weight excluding hydrogens is 282 g/mol. The van der Waals surface area contributed by atoms with Gasteiger partial charge < -0.3 is 15.2 Å². The number of rotatable bonds is 10. The molecule has 118 valence electrons. The van der Waals surface area contributed by atoms with Gasteiger partial charge in [0, 0.05) is 11.1 Å². The second-order valence-corrected chi connectivity index (χ2v) is 5.80. The Bertz CT molecular complexity index is 448. The molecule has 1 aromatic carbocycles. The lowest BCUT2D eigenvalue weighted by Gasteiger charge is -2.15. The van der Waals surface area contributed by atoms with Gasteiger partial charge in [0.2, 0.25) is 0 Å². The maximum absolute atomic E-state index is 5.92. The Morgan fingerprint density at radius 2 is 2.05 bits per heavy atom. The summed E-state index contributed by atoms with van der Waals surface area (Å²) >= 11 is 5.02. The van der Waals surface area contributed by atoms with Gasteiger partial charge in [0.15, 0.2) is 0 Å². The molecular formula is C17H27NO2S. The quantitative estimate of drug-likeness (QED) is 0.519. The average Bonchev–Trinajstić information content (AvgIpc) is 2.49. The first-order chi connectivity index (χ1) is 10.1. The molecule has 0 radical (unpaired) electrons. The van der Waals surface area contributed by atoms with E-state index in [9.17, 15) is 0 Å². The Hall–Kier alpha value is -1.13. The zero-order chi connectivity index (χ0) is 15.7. The second-order valence-electron chi connectivity index (χ2n) is 5.36. The van der Waals surface area contributed by atoms with Gasteiger partial charge in [0.1, 0.15) is 10.7 Å². The van der Waals surface area contributed by atoms with Gasteiger partial charge in [-0.2, -0.15) is 0 Å². The topological polar surface area (TPSA) is 44.5 Å². The minimum atomic E-state index is 0.250. The molecule has 0 aliphatic carbocycles. The Kier molecular flexibility index (Phi) is 8.31. The van der Waals surface area contributed by atoms with Crippen LogP contribution in [0.15, 0.2) is 18.2 Å². The van der Waals surface area contributed by atoms with Crippen LogP contribution in [0.25, 0.3) is 0 Å². The van der Waals surface area contributed by atoms with E-state index in [2.05, 4.69) is 13.8 Å². The molecule has 0 saturated carbocycles. The molecule has 0 saturated heterocycles. The summed E-state index contributed by atoms with van der Waals surface area (Å²) in [5.41, 5.74) is 7.51. The molecule has 21 heavy (non-hydrogen) atoms. The van der Waals surface area contributed by atoms with E-state index < -0.39 is 0 Å². The van der Waals surface area contributed by atoms with Crippen molar-refractivity contribution in [3.8, 4) is 5.75 Å². The molecule has 1 unspecified atom stereocenters. The summed E-state index contributed by atoms with van der Waals surface area (Å²) in [6, 6.07) is 5.71. The van der Waals surface area contributed by atoms with Gasteiger partial charge in [0.05, 0.1) is 19.8 Å². The summed E-state index contributed by atoms with van der Waals surface area (Å²) < 4.78 is 11.3. The maximum atomic E-state index is 5.92. The third-order valence-electron chi connectivity index (χ3n) is 3.55. The van der Waals surface area contributed by atoms with Crippen molar-refractivity contribution >= 4 is 17.2 Å².